The van der Waals surface area contributed by atoms with Crippen molar-refractivity contribution in [2.24, 2.45) is 0 Å². The van der Waals surface area contributed by atoms with Crippen molar-refractivity contribution in [1.82, 2.24) is 0 Å². The smallest absolute Gasteiger partial charge is 0.125 e. The third-order valence-electron chi connectivity index (χ3n) is 4.69. The van der Waals surface area contributed by atoms with E-state index >= 15 is 0 Å². The maximum atomic E-state index is 9.02. The van der Waals surface area contributed by atoms with Gasteiger partial charge in [-0.05, 0) is 48.3 Å². The second-order valence-corrected chi connectivity index (χ2v) is 6.14. The van der Waals surface area contributed by atoms with E-state index in [-0.39, 0.29) is 6.61 Å². The van der Waals surface area contributed by atoms with Gasteiger partial charge in [0.15, 0.2) is 0 Å². The minimum absolute atomic E-state index is 0.0800. The molecule has 2 heteroatoms. The Labute approximate surface area is 129 Å². The highest BCUT2D eigenvalue weighted by Gasteiger charge is 2.18. The fraction of sp³-hybridized carbons (Fsp3) is 0.684. The number of rotatable bonds is 6. The van der Waals surface area contributed by atoms with Crippen LogP contribution in [0, 0.1) is 0 Å². The summed E-state index contributed by atoms with van der Waals surface area (Å²) in [7, 11) is 0. The van der Waals surface area contributed by atoms with Crippen LogP contribution in [-0.4, -0.2) is 18.3 Å². The number of hydrogen-bond donors (Lipinski definition) is 1. The number of benzene rings is 1. The zero-order chi connectivity index (χ0) is 15.1. The molecule has 1 aliphatic carbocycles. The lowest BCUT2D eigenvalue weighted by molar-refractivity contribution is 0.199. The molecule has 1 aromatic rings. The average molecular weight is 290 g/mol. The molecule has 0 heterocycles. The Morgan fingerprint density at radius 3 is 2.05 bits per heavy atom. The Morgan fingerprint density at radius 2 is 1.57 bits per heavy atom. The maximum absolute atomic E-state index is 9.02. The first kappa shape index (κ1) is 16.4. The second kappa shape index (κ2) is 8.43. The molecule has 0 radical (unpaired) electrons. The standard InChI is InChI=1S/C19H30O2/c1-3-15-13-18(17-9-7-5-6-8-10-17)14-16(4-2)19(15)21-12-11-20/h13-14,17,20H,3-12H2,1-2H3. The number of aliphatic hydroxyl groups excluding tert-OH is 1. The highest BCUT2D eigenvalue weighted by atomic mass is 16.5. The van der Waals surface area contributed by atoms with Crippen molar-refractivity contribution in [3.05, 3.63) is 28.8 Å². The van der Waals surface area contributed by atoms with Gasteiger partial charge in [0.1, 0.15) is 12.4 Å². The Kier molecular flexibility index (Phi) is 6.56. The summed E-state index contributed by atoms with van der Waals surface area (Å²) in [4.78, 5) is 0. The molecule has 0 atom stereocenters. The van der Waals surface area contributed by atoms with Crippen LogP contribution in [0.1, 0.15) is 75.0 Å². The van der Waals surface area contributed by atoms with Gasteiger partial charge in [-0.15, -0.1) is 0 Å². The van der Waals surface area contributed by atoms with E-state index in [2.05, 4.69) is 26.0 Å². The SMILES string of the molecule is CCc1cc(C2CCCCCC2)cc(CC)c1OCCO. The van der Waals surface area contributed by atoms with Gasteiger partial charge in [-0.3, -0.25) is 0 Å². The summed E-state index contributed by atoms with van der Waals surface area (Å²) >= 11 is 0. The fourth-order valence-corrected chi connectivity index (χ4v) is 3.49. The number of aliphatic hydroxyl groups is 1. The van der Waals surface area contributed by atoms with Crippen molar-refractivity contribution < 1.29 is 9.84 Å². The van der Waals surface area contributed by atoms with Gasteiger partial charge in [0.25, 0.3) is 0 Å². The van der Waals surface area contributed by atoms with Crippen LogP contribution in [0.5, 0.6) is 5.75 Å². The maximum Gasteiger partial charge on any atom is 0.125 e. The summed E-state index contributed by atoms with van der Waals surface area (Å²) in [6, 6.07) is 4.73. The normalized spacial score (nSPS) is 16.7. The molecule has 1 aromatic carbocycles. The molecule has 0 aromatic heterocycles. The van der Waals surface area contributed by atoms with Gasteiger partial charge >= 0.3 is 0 Å². The topological polar surface area (TPSA) is 29.5 Å². The molecule has 1 aliphatic rings. The Morgan fingerprint density at radius 1 is 1.00 bits per heavy atom. The molecule has 0 saturated heterocycles. The molecule has 1 saturated carbocycles. The second-order valence-electron chi connectivity index (χ2n) is 6.14. The highest BCUT2D eigenvalue weighted by Crippen LogP contribution is 2.36. The van der Waals surface area contributed by atoms with Crippen LogP contribution in [0.15, 0.2) is 12.1 Å². The third-order valence-corrected chi connectivity index (χ3v) is 4.69. The van der Waals surface area contributed by atoms with E-state index < -0.39 is 0 Å². The molecule has 0 bridgehead atoms. The number of ether oxygens (including phenoxy) is 1. The molecule has 1 fully saturated rings. The predicted octanol–water partition coefficient (Wildman–Crippen LogP) is 4.62. The van der Waals surface area contributed by atoms with Crippen molar-refractivity contribution in [2.45, 2.75) is 71.1 Å². The molecular formula is C19H30O2. The van der Waals surface area contributed by atoms with Gasteiger partial charge in [-0.2, -0.15) is 0 Å². The lowest BCUT2D eigenvalue weighted by Crippen LogP contribution is -2.08. The molecule has 118 valence electrons. The van der Waals surface area contributed by atoms with Crippen molar-refractivity contribution in [3.8, 4) is 5.75 Å². The summed E-state index contributed by atoms with van der Waals surface area (Å²) in [5, 5.41) is 9.02. The third kappa shape index (κ3) is 4.23. The van der Waals surface area contributed by atoms with E-state index in [9.17, 15) is 0 Å². The Balaban J connectivity index is 2.29. The molecule has 0 spiro atoms. The average Bonchev–Trinajstić information content (AvgIpc) is 2.81. The Hall–Kier alpha value is -1.02. The van der Waals surface area contributed by atoms with E-state index in [1.807, 2.05) is 0 Å². The molecule has 1 N–H and O–H groups in total. The van der Waals surface area contributed by atoms with Gasteiger partial charge in [-0.1, -0.05) is 51.7 Å². The van der Waals surface area contributed by atoms with Crippen LogP contribution < -0.4 is 4.74 Å². The van der Waals surface area contributed by atoms with Crippen molar-refractivity contribution in [1.29, 1.82) is 0 Å². The minimum Gasteiger partial charge on any atom is -0.491 e. The van der Waals surface area contributed by atoms with Crippen LogP contribution >= 0.6 is 0 Å². The largest absolute Gasteiger partial charge is 0.491 e. The van der Waals surface area contributed by atoms with Gasteiger partial charge in [0.2, 0.25) is 0 Å². The quantitative estimate of drug-likeness (QED) is 0.775. The Bertz CT molecular complexity index is 406. The van der Waals surface area contributed by atoms with Crippen LogP contribution in [0.2, 0.25) is 0 Å². The van der Waals surface area contributed by atoms with Crippen LogP contribution in [0.4, 0.5) is 0 Å². The van der Waals surface area contributed by atoms with E-state index in [0.717, 1.165) is 24.5 Å². The summed E-state index contributed by atoms with van der Waals surface area (Å²) < 4.78 is 5.82. The molecule has 2 rings (SSSR count). The lowest BCUT2D eigenvalue weighted by atomic mass is 9.88. The summed E-state index contributed by atoms with van der Waals surface area (Å²) in [5.74, 6) is 1.75. The van der Waals surface area contributed by atoms with Crippen LogP contribution in [-0.2, 0) is 12.8 Å². The van der Waals surface area contributed by atoms with Crippen LogP contribution in [0.25, 0.3) is 0 Å². The van der Waals surface area contributed by atoms with E-state index in [1.54, 1.807) is 0 Å². The van der Waals surface area contributed by atoms with Crippen molar-refractivity contribution in [3.63, 3.8) is 0 Å². The van der Waals surface area contributed by atoms with E-state index in [0.29, 0.717) is 6.61 Å². The first-order valence-electron chi connectivity index (χ1n) is 8.69. The predicted molar refractivity (Wildman–Crippen MR) is 88.2 cm³/mol. The number of hydrogen-bond acceptors (Lipinski definition) is 2. The number of aryl methyl sites for hydroxylation is 2. The summed E-state index contributed by atoms with van der Waals surface area (Å²) in [6.45, 7) is 4.86. The zero-order valence-corrected chi connectivity index (χ0v) is 13.7. The molecule has 0 unspecified atom stereocenters. The van der Waals surface area contributed by atoms with Gasteiger partial charge < -0.3 is 9.84 Å². The first-order chi connectivity index (χ1) is 10.3. The fourth-order valence-electron chi connectivity index (χ4n) is 3.49. The molecule has 0 amide bonds. The molecular weight excluding hydrogens is 260 g/mol. The van der Waals surface area contributed by atoms with Gasteiger partial charge in [0.05, 0.1) is 6.61 Å². The zero-order valence-electron chi connectivity index (χ0n) is 13.7. The van der Waals surface area contributed by atoms with Gasteiger partial charge in [-0.25, -0.2) is 0 Å². The summed E-state index contributed by atoms with van der Waals surface area (Å²) in [6.07, 6.45) is 10.2. The van der Waals surface area contributed by atoms with Crippen molar-refractivity contribution >= 4 is 0 Å². The minimum atomic E-state index is 0.0800. The van der Waals surface area contributed by atoms with E-state index in [1.165, 1.54) is 55.2 Å². The molecule has 0 aliphatic heterocycles. The van der Waals surface area contributed by atoms with Crippen LogP contribution in [0.3, 0.4) is 0 Å². The van der Waals surface area contributed by atoms with Crippen molar-refractivity contribution in [2.75, 3.05) is 13.2 Å². The summed E-state index contributed by atoms with van der Waals surface area (Å²) in [5.41, 5.74) is 4.13. The lowest BCUT2D eigenvalue weighted by Gasteiger charge is -2.20. The molecule has 21 heavy (non-hydrogen) atoms. The van der Waals surface area contributed by atoms with E-state index in [4.69, 9.17) is 9.84 Å². The molecule has 2 nitrogen and oxygen atoms in total. The first-order valence-corrected chi connectivity index (χ1v) is 8.69. The monoisotopic (exact) mass is 290 g/mol. The van der Waals surface area contributed by atoms with Gasteiger partial charge in [0, 0.05) is 0 Å². The highest BCUT2D eigenvalue weighted by molar-refractivity contribution is 5.46.